The van der Waals surface area contributed by atoms with E-state index >= 15 is 0 Å². The Morgan fingerprint density at radius 3 is 2.00 bits per heavy atom. The van der Waals surface area contributed by atoms with Gasteiger partial charge in [0.15, 0.2) is 0 Å². The second-order valence-electron chi connectivity index (χ2n) is 4.06. The van der Waals surface area contributed by atoms with Crippen molar-refractivity contribution in [1.29, 1.82) is 0 Å². The second-order valence-corrected chi connectivity index (χ2v) is 5.44. The lowest BCUT2D eigenvalue weighted by molar-refractivity contribution is 0.483. The molecule has 0 aliphatic carbocycles. The van der Waals surface area contributed by atoms with Crippen molar-refractivity contribution in [1.82, 2.24) is 0 Å². The van der Waals surface area contributed by atoms with E-state index in [1.807, 2.05) is 36.4 Å². The van der Waals surface area contributed by atoms with Crippen molar-refractivity contribution in [3.05, 3.63) is 71.1 Å². The topological polar surface area (TPSA) is 9.23 Å². The number of rotatable bonds is 3. The van der Waals surface area contributed by atoms with Gasteiger partial charge in [0.25, 0.3) is 0 Å². The van der Waals surface area contributed by atoms with Gasteiger partial charge in [-0.3, -0.25) is 0 Å². The summed E-state index contributed by atoms with van der Waals surface area (Å²) in [5.41, 5.74) is 1.21. The number of thiophene rings is 1. The Kier molecular flexibility index (Phi) is 3.53. The molecule has 1 heterocycles. The van der Waals surface area contributed by atoms with Crippen molar-refractivity contribution < 1.29 is 4.74 Å². The first-order valence-electron chi connectivity index (χ1n) is 5.89. The molecule has 0 aliphatic heterocycles. The van der Waals surface area contributed by atoms with Gasteiger partial charge in [-0.05, 0) is 65.5 Å². The van der Waals surface area contributed by atoms with Gasteiger partial charge in [0, 0.05) is 9.90 Å². The standard InChI is InChI=1S/C16H11ClOS/c17-13-5-9-15(10-6-13)18-14-7-3-12(4-8-14)16-2-1-11-19-16/h1-11H. The minimum absolute atomic E-state index is 0.709. The first kappa shape index (κ1) is 12.3. The molecule has 0 bridgehead atoms. The van der Waals surface area contributed by atoms with E-state index in [-0.39, 0.29) is 0 Å². The van der Waals surface area contributed by atoms with E-state index in [1.165, 1.54) is 10.4 Å². The first-order chi connectivity index (χ1) is 9.31. The maximum Gasteiger partial charge on any atom is 0.127 e. The van der Waals surface area contributed by atoms with Gasteiger partial charge in [-0.2, -0.15) is 0 Å². The summed E-state index contributed by atoms with van der Waals surface area (Å²) in [7, 11) is 0. The summed E-state index contributed by atoms with van der Waals surface area (Å²) in [6, 6.07) is 19.6. The van der Waals surface area contributed by atoms with Crippen LogP contribution in [0.15, 0.2) is 66.0 Å². The molecule has 0 amide bonds. The van der Waals surface area contributed by atoms with Gasteiger partial charge in [0.2, 0.25) is 0 Å². The highest BCUT2D eigenvalue weighted by molar-refractivity contribution is 7.13. The van der Waals surface area contributed by atoms with E-state index in [1.54, 1.807) is 11.3 Å². The van der Waals surface area contributed by atoms with E-state index in [4.69, 9.17) is 16.3 Å². The summed E-state index contributed by atoms with van der Waals surface area (Å²) < 4.78 is 5.75. The van der Waals surface area contributed by atoms with Crippen LogP contribution in [0.3, 0.4) is 0 Å². The molecule has 0 saturated heterocycles. The van der Waals surface area contributed by atoms with Gasteiger partial charge >= 0.3 is 0 Å². The zero-order valence-corrected chi connectivity index (χ0v) is 11.6. The SMILES string of the molecule is Clc1ccc(Oc2ccc(-c3cccs3)cc2)cc1. The third-order valence-electron chi connectivity index (χ3n) is 2.71. The van der Waals surface area contributed by atoms with Gasteiger partial charge < -0.3 is 4.74 Å². The van der Waals surface area contributed by atoms with E-state index in [2.05, 4.69) is 29.6 Å². The average molecular weight is 287 g/mol. The maximum atomic E-state index is 5.84. The summed E-state index contributed by atoms with van der Waals surface area (Å²) in [6.45, 7) is 0. The second kappa shape index (κ2) is 5.47. The first-order valence-corrected chi connectivity index (χ1v) is 7.14. The lowest BCUT2D eigenvalue weighted by atomic mass is 10.2. The highest BCUT2D eigenvalue weighted by Crippen LogP contribution is 2.28. The number of hydrogen-bond donors (Lipinski definition) is 0. The van der Waals surface area contributed by atoms with Gasteiger partial charge in [-0.25, -0.2) is 0 Å². The molecule has 0 fully saturated rings. The van der Waals surface area contributed by atoms with Crippen LogP contribution >= 0.6 is 22.9 Å². The van der Waals surface area contributed by atoms with Crippen LogP contribution in [-0.2, 0) is 0 Å². The predicted octanol–water partition coefficient (Wildman–Crippen LogP) is 5.86. The fraction of sp³-hybridized carbons (Fsp3) is 0. The largest absolute Gasteiger partial charge is 0.457 e. The van der Waals surface area contributed by atoms with Gasteiger partial charge in [0.05, 0.1) is 0 Å². The minimum atomic E-state index is 0.709. The maximum absolute atomic E-state index is 5.84. The number of halogens is 1. The van der Waals surface area contributed by atoms with E-state index < -0.39 is 0 Å². The van der Waals surface area contributed by atoms with Crippen LogP contribution in [0.25, 0.3) is 10.4 Å². The van der Waals surface area contributed by atoms with Crippen molar-refractivity contribution in [2.75, 3.05) is 0 Å². The van der Waals surface area contributed by atoms with Crippen LogP contribution in [0, 0.1) is 0 Å². The number of ether oxygens (including phenoxy) is 1. The Balaban J connectivity index is 1.77. The summed E-state index contributed by atoms with van der Waals surface area (Å²) in [4.78, 5) is 1.26. The highest BCUT2D eigenvalue weighted by atomic mass is 35.5. The zero-order chi connectivity index (χ0) is 13.1. The van der Waals surface area contributed by atoms with Gasteiger partial charge in [-0.1, -0.05) is 17.7 Å². The zero-order valence-electron chi connectivity index (χ0n) is 10.0. The predicted molar refractivity (Wildman–Crippen MR) is 81.3 cm³/mol. The van der Waals surface area contributed by atoms with Crippen LogP contribution in [-0.4, -0.2) is 0 Å². The van der Waals surface area contributed by atoms with Crippen molar-refractivity contribution in [2.45, 2.75) is 0 Å². The Bertz CT molecular complexity index is 642. The van der Waals surface area contributed by atoms with Crippen molar-refractivity contribution >= 4 is 22.9 Å². The molecule has 94 valence electrons. The van der Waals surface area contributed by atoms with Gasteiger partial charge in [0.1, 0.15) is 11.5 Å². The lowest BCUT2D eigenvalue weighted by Gasteiger charge is -2.06. The smallest absolute Gasteiger partial charge is 0.127 e. The third kappa shape index (κ3) is 2.98. The molecule has 1 nitrogen and oxygen atoms in total. The van der Waals surface area contributed by atoms with E-state index in [0.717, 1.165) is 11.5 Å². The molecule has 0 N–H and O–H groups in total. The molecule has 0 unspecified atom stereocenters. The molecule has 0 radical (unpaired) electrons. The molecule has 0 spiro atoms. The molecule has 0 aliphatic rings. The van der Waals surface area contributed by atoms with E-state index in [9.17, 15) is 0 Å². The Morgan fingerprint density at radius 1 is 0.789 bits per heavy atom. The Hall–Kier alpha value is -1.77. The fourth-order valence-corrected chi connectivity index (χ4v) is 2.63. The molecule has 19 heavy (non-hydrogen) atoms. The lowest BCUT2D eigenvalue weighted by Crippen LogP contribution is -1.83. The molecule has 2 aromatic carbocycles. The van der Waals surface area contributed by atoms with Crippen LogP contribution < -0.4 is 4.74 Å². The molecular weight excluding hydrogens is 276 g/mol. The molecule has 3 heteroatoms. The molecule has 3 aromatic rings. The monoisotopic (exact) mass is 286 g/mol. The Morgan fingerprint density at radius 2 is 1.42 bits per heavy atom. The summed E-state index contributed by atoms with van der Waals surface area (Å²) in [5, 5.41) is 2.79. The molecule has 0 saturated carbocycles. The van der Waals surface area contributed by atoms with Crippen LogP contribution in [0.2, 0.25) is 5.02 Å². The van der Waals surface area contributed by atoms with E-state index in [0.29, 0.717) is 5.02 Å². The minimum Gasteiger partial charge on any atom is -0.457 e. The average Bonchev–Trinajstić information content (AvgIpc) is 2.96. The summed E-state index contributed by atoms with van der Waals surface area (Å²) in [5.74, 6) is 1.61. The van der Waals surface area contributed by atoms with Crippen molar-refractivity contribution in [2.24, 2.45) is 0 Å². The third-order valence-corrected chi connectivity index (χ3v) is 3.88. The molecule has 1 aromatic heterocycles. The van der Waals surface area contributed by atoms with Gasteiger partial charge in [-0.15, -0.1) is 11.3 Å². The summed E-state index contributed by atoms with van der Waals surface area (Å²) >= 11 is 7.57. The molecular formula is C16H11ClOS. The van der Waals surface area contributed by atoms with Crippen molar-refractivity contribution in [3.8, 4) is 21.9 Å². The van der Waals surface area contributed by atoms with Crippen LogP contribution in [0.4, 0.5) is 0 Å². The van der Waals surface area contributed by atoms with Crippen molar-refractivity contribution in [3.63, 3.8) is 0 Å². The number of benzene rings is 2. The van der Waals surface area contributed by atoms with Crippen LogP contribution in [0.5, 0.6) is 11.5 Å². The summed E-state index contributed by atoms with van der Waals surface area (Å²) in [6.07, 6.45) is 0. The highest BCUT2D eigenvalue weighted by Gasteiger charge is 2.00. The molecule has 0 atom stereocenters. The van der Waals surface area contributed by atoms with Crippen LogP contribution in [0.1, 0.15) is 0 Å². The number of hydrogen-bond acceptors (Lipinski definition) is 2. The Labute approximate surface area is 121 Å². The fourth-order valence-electron chi connectivity index (χ4n) is 1.77. The molecule has 3 rings (SSSR count). The normalized spacial score (nSPS) is 10.4. The quantitative estimate of drug-likeness (QED) is 0.586.